The first-order chi connectivity index (χ1) is 13.9. The average molecular weight is 393 g/mol. The molecule has 7 heteroatoms. The third-order valence-corrected chi connectivity index (χ3v) is 5.55. The molecule has 1 aliphatic rings. The molecule has 29 heavy (non-hydrogen) atoms. The van der Waals surface area contributed by atoms with E-state index in [1.165, 1.54) is 17.0 Å². The topological polar surface area (TPSA) is 95.7 Å². The Labute approximate surface area is 167 Å². The van der Waals surface area contributed by atoms with Gasteiger partial charge >= 0.3 is 6.09 Å². The van der Waals surface area contributed by atoms with Crippen molar-refractivity contribution in [1.29, 1.82) is 0 Å². The van der Waals surface area contributed by atoms with E-state index in [-0.39, 0.29) is 17.2 Å². The van der Waals surface area contributed by atoms with Crippen molar-refractivity contribution in [3.05, 3.63) is 58.4 Å². The Bertz CT molecular complexity index is 1140. The Kier molecular flexibility index (Phi) is 4.96. The van der Waals surface area contributed by atoms with Crippen LogP contribution in [0.15, 0.2) is 47.3 Å². The van der Waals surface area contributed by atoms with Gasteiger partial charge in [0.05, 0.1) is 10.9 Å². The number of hydrogen-bond acceptors (Lipinski definition) is 4. The summed E-state index contributed by atoms with van der Waals surface area (Å²) in [6.07, 6.45) is 0.692. The SMILES string of the molecule is Cc1ccccc1-c1nc2ccc(O)cc2c(=O)n1C[C@@H]1CCCN(C(=O)O)C1. The maximum Gasteiger partial charge on any atom is 0.407 e. The van der Waals surface area contributed by atoms with Gasteiger partial charge in [-0.1, -0.05) is 24.3 Å². The summed E-state index contributed by atoms with van der Waals surface area (Å²) in [5, 5.41) is 19.5. The summed E-state index contributed by atoms with van der Waals surface area (Å²) in [7, 11) is 0. The molecule has 3 aromatic rings. The van der Waals surface area contributed by atoms with E-state index in [2.05, 4.69) is 0 Å². The van der Waals surface area contributed by atoms with Gasteiger partial charge in [0, 0.05) is 25.2 Å². The molecule has 7 nitrogen and oxygen atoms in total. The highest BCUT2D eigenvalue weighted by Gasteiger charge is 2.25. The van der Waals surface area contributed by atoms with Crippen molar-refractivity contribution in [2.45, 2.75) is 26.3 Å². The first-order valence-electron chi connectivity index (χ1n) is 9.71. The summed E-state index contributed by atoms with van der Waals surface area (Å²) in [4.78, 5) is 30.9. The zero-order valence-electron chi connectivity index (χ0n) is 16.2. The van der Waals surface area contributed by atoms with Gasteiger partial charge in [0.25, 0.3) is 5.56 Å². The van der Waals surface area contributed by atoms with Crippen molar-refractivity contribution in [2.24, 2.45) is 5.92 Å². The van der Waals surface area contributed by atoms with Crippen LogP contribution < -0.4 is 5.56 Å². The van der Waals surface area contributed by atoms with E-state index in [9.17, 15) is 19.8 Å². The molecule has 1 saturated heterocycles. The minimum atomic E-state index is -0.928. The molecule has 1 aromatic heterocycles. The van der Waals surface area contributed by atoms with Crippen LogP contribution in [0.3, 0.4) is 0 Å². The van der Waals surface area contributed by atoms with Crippen molar-refractivity contribution in [2.75, 3.05) is 13.1 Å². The number of fused-ring (bicyclic) bond motifs is 1. The number of nitrogens with zero attached hydrogens (tertiary/aromatic N) is 3. The zero-order chi connectivity index (χ0) is 20.5. The quantitative estimate of drug-likeness (QED) is 0.710. The van der Waals surface area contributed by atoms with E-state index in [4.69, 9.17) is 4.98 Å². The molecule has 2 N–H and O–H groups in total. The van der Waals surface area contributed by atoms with Crippen LogP contribution in [-0.2, 0) is 6.54 Å². The molecule has 1 fully saturated rings. The van der Waals surface area contributed by atoms with Crippen molar-refractivity contribution < 1.29 is 15.0 Å². The number of aromatic hydroxyl groups is 1. The van der Waals surface area contributed by atoms with E-state index >= 15 is 0 Å². The molecule has 150 valence electrons. The third-order valence-electron chi connectivity index (χ3n) is 5.55. The zero-order valence-corrected chi connectivity index (χ0v) is 16.2. The molecule has 1 aliphatic heterocycles. The number of hydrogen-bond donors (Lipinski definition) is 2. The highest BCUT2D eigenvalue weighted by atomic mass is 16.4. The van der Waals surface area contributed by atoms with Crippen molar-refractivity contribution in [3.8, 4) is 17.1 Å². The standard InChI is InChI=1S/C22H23N3O4/c1-14-5-2-3-7-17(14)20-23-19-9-8-16(26)11-18(19)21(27)25(20)13-15-6-4-10-24(12-15)22(28)29/h2-3,5,7-9,11,15,26H,4,6,10,12-13H2,1H3,(H,28,29)/t15-/m1/s1. The van der Waals surface area contributed by atoms with E-state index in [1.54, 1.807) is 10.6 Å². The van der Waals surface area contributed by atoms with Crippen LogP contribution in [0.1, 0.15) is 18.4 Å². The predicted octanol–water partition coefficient (Wildman–Crippen LogP) is 3.47. The van der Waals surface area contributed by atoms with Gasteiger partial charge in [-0.3, -0.25) is 9.36 Å². The van der Waals surface area contributed by atoms with Crippen molar-refractivity contribution >= 4 is 17.0 Å². The number of piperidine rings is 1. The number of benzene rings is 2. The number of likely N-dealkylation sites (tertiary alicyclic amines) is 1. The lowest BCUT2D eigenvalue weighted by atomic mass is 9.97. The smallest absolute Gasteiger partial charge is 0.407 e. The Hall–Kier alpha value is -3.35. The second-order valence-electron chi connectivity index (χ2n) is 7.60. The third kappa shape index (κ3) is 3.68. The number of phenolic OH excluding ortho intramolecular Hbond substituents is 1. The average Bonchev–Trinajstić information content (AvgIpc) is 2.71. The first-order valence-corrected chi connectivity index (χ1v) is 9.71. The number of phenols is 1. The minimum absolute atomic E-state index is 0.0151. The van der Waals surface area contributed by atoms with Crippen LogP contribution in [0.25, 0.3) is 22.3 Å². The molecule has 0 spiro atoms. The Balaban J connectivity index is 1.85. The Morgan fingerprint density at radius 1 is 1.24 bits per heavy atom. The van der Waals surface area contributed by atoms with Crippen molar-refractivity contribution in [1.82, 2.24) is 14.5 Å². The second kappa shape index (κ2) is 7.58. The molecule has 4 rings (SSSR count). The Morgan fingerprint density at radius 3 is 2.79 bits per heavy atom. The van der Waals surface area contributed by atoms with E-state index < -0.39 is 6.09 Å². The molecule has 1 amide bonds. The monoisotopic (exact) mass is 393 g/mol. The van der Waals surface area contributed by atoms with Gasteiger partial charge in [-0.2, -0.15) is 0 Å². The van der Waals surface area contributed by atoms with Crippen LogP contribution in [0, 0.1) is 12.8 Å². The number of aryl methyl sites for hydroxylation is 1. The summed E-state index contributed by atoms with van der Waals surface area (Å²) >= 11 is 0. The highest BCUT2D eigenvalue weighted by molar-refractivity contribution is 5.81. The predicted molar refractivity (Wildman–Crippen MR) is 110 cm³/mol. The summed E-state index contributed by atoms with van der Waals surface area (Å²) < 4.78 is 1.64. The maximum absolute atomic E-state index is 13.4. The van der Waals surface area contributed by atoms with Gasteiger partial charge in [-0.25, -0.2) is 9.78 Å². The number of carboxylic acid groups (broad SMARTS) is 1. The molecule has 0 radical (unpaired) electrons. The number of aromatic nitrogens is 2. The summed E-state index contributed by atoms with van der Waals surface area (Å²) in [5.74, 6) is 0.608. The van der Waals surface area contributed by atoms with Gasteiger partial charge in [-0.15, -0.1) is 0 Å². The van der Waals surface area contributed by atoms with E-state index in [1.807, 2.05) is 31.2 Å². The van der Waals surface area contributed by atoms with Gasteiger partial charge in [0.1, 0.15) is 11.6 Å². The summed E-state index contributed by atoms with van der Waals surface area (Å²) in [6.45, 7) is 3.27. The van der Waals surface area contributed by atoms with Crippen molar-refractivity contribution in [3.63, 3.8) is 0 Å². The maximum atomic E-state index is 13.4. The van der Waals surface area contributed by atoms with E-state index in [0.29, 0.717) is 36.4 Å². The fourth-order valence-corrected chi connectivity index (χ4v) is 4.05. The molecule has 0 aliphatic carbocycles. The number of carbonyl (C=O) groups is 1. The lowest BCUT2D eigenvalue weighted by Gasteiger charge is -2.31. The lowest BCUT2D eigenvalue weighted by molar-refractivity contribution is 0.116. The number of amides is 1. The van der Waals surface area contributed by atoms with Crippen LogP contribution in [0.2, 0.25) is 0 Å². The first kappa shape index (κ1) is 19.0. The minimum Gasteiger partial charge on any atom is -0.508 e. The van der Waals surface area contributed by atoms with Gasteiger partial charge in [0.2, 0.25) is 0 Å². The largest absolute Gasteiger partial charge is 0.508 e. The lowest BCUT2D eigenvalue weighted by Crippen LogP contribution is -2.41. The van der Waals surface area contributed by atoms with Gasteiger partial charge < -0.3 is 15.1 Å². The highest BCUT2D eigenvalue weighted by Crippen LogP contribution is 2.26. The van der Waals surface area contributed by atoms with Crippen LogP contribution in [-0.4, -0.2) is 43.8 Å². The fraction of sp³-hybridized carbons (Fsp3) is 0.318. The molecule has 0 bridgehead atoms. The fourth-order valence-electron chi connectivity index (χ4n) is 4.05. The van der Waals surface area contributed by atoms with E-state index in [0.717, 1.165) is 24.0 Å². The second-order valence-corrected chi connectivity index (χ2v) is 7.60. The van der Waals surface area contributed by atoms with Crippen LogP contribution in [0.5, 0.6) is 5.75 Å². The van der Waals surface area contributed by atoms with Gasteiger partial charge in [-0.05, 0) is 49.4 Å². The normalized spacial score (nSPS) is 16.9. The molecular weight excluding hydrogens is 370 g/mol. The Morgan fingerprint density at radius 2 is 2.03 bits per heavy atom. The van der Waals surface area contributed by atoms with Gasteiger partial charge in [0.15, 0.2) is 0 Å². The van der Waals surface area contributed by atoms with Crippen LogP contribution >= 0.6 is 0 Å². The molecule has 2 heterocycles. The molecule has 0 unspecified atom stereocenters. The summed E-state index contributed by atoms with van der Waals surface area (Å²) in [6, 6.07) is 12.4. The van der Waals surface area contributed by atoms with Crippen LogP contribution in [0.4, 0.5) is 4.79 Å². The molecular formula is C22H23N3O4. The number of rotatable bonds is 3. The molecule has 0 saturated carbocycles. The molecule has 2 aromatic carbocycles. The molecule has 1 atom stereocenters. The summed E-state index contributed by atoms with van der Waals surface area (Å²) in [5.41, 5.74) is 2.17.